The second-order valence-electron chi connectivity index (χ2n) is 3.79. The number of aromatic nitrogens is 2. The highest BCUT2D eigenvalue weighted by Crippen LogP contribution is 2.33. The predicted octanol–water partition coefficient (Wildman–Crippen LogP) is 3.66. The number of nitrogens with zero attached hydrogens (tertiary/aromatic N) is 2. The van der Waals surface area contributed by atoms with E-state index in [-0.39, 0.29) is 5.75 Å². The summed E-state index contributed by atoms with van der Waals surface area (Å²) in [6, 6.07) is 3.58. The van der Waals surface area contributed by atoms with Crippen LogP contribution in [0.15, 0.2) is 29.7 Å². The van der Waals surface area contributed by atoms with Gasteiger partial charge in [0.05, 0.1) is 21.5 Å². The average molecular weight is 317 g/mol. The van der Waals surface area contributed by atoms with Crippen molar-refractivity contribution < 1.29 is 9.90 Å². The number of rotatable bonds is 4. The molecule has 0 amide bonds. The van der Waals surface area contributed by atoms with E-state index in [2.05, 4.69) is 4.98 Å². The van der Waals surface area contributed by atoms with Crippen molar-refractivity contribution in [2.75, 3.05) is 5.75 Å². The van der Waals surface area contributed by atoms with E-state index < -0.39 is 5.97 Å². The molecule has 1 aromatic carbocycles. The van der Waals surface area contributed by atoms with Crippen molar-refractivity contribution in [1.82, 2.24) is 9.55 Å². The first kappa shape index (κ1) is 14.2. The van der Waals surface area contributed by atoms with Gasteiger partial charge in [0.2, 0.25) is 0 Å². The van der Waals surface area contributed by atoms with Crippen LogP contribution in [0.5, 0.6) is 0 Å². The summed E-state index contributed by atoms with van der Waals surface area (Å²) in [7, 11) is 0. The Morgan fingerprint density at radius 2 is 2.21 bits per heavy atom. The summed E-state index contributed by atoms with van der Waals surface area (Å²) in [4.78, 5) is 14.7. The van der Waals surface area contributed by atoms with E-state index in [1.807, 2.05) is 13.0 Å². The van der Waals surface area contributed by atoms with Crippen LogP contribution in [0.2, 0.25) is 10.0 Å². The van der Waals surface area contributed by atoms with Gasteiger partial charge in [0.25, 0.3) is 0 Å². The molecule has 0 atom stereocenters. The number of carboxylic acids is 1. The van der Waals surface area contributed by atoms with Gasteiger partial charge in [-0.05, 0) is 18.6 Å². The molecule has 7 heteroatoms. The maximum Gasteiger partial charge on any atom is 0.313 e. The van der Waals surface area contributed by atoms with E-state index in [0.29, 0.717) is 20.9 Å². The number of thioether (sulfide) groups is 1. The number of imidazole rings is 1. The first-order chi connectivity index (χ1) is 9.00. The summed E-state index contributed by atoms with van der Waals surface area (Å²) in [5.74, 6) is -0.973. The Bertz CT molecular complexity index is 628. The second kappa shape index (κ2) is 5.86. The molecule has 1 aromatic heterocycles. The highest BCUT2D eigenvalue weighted by molar-refractivity contribution is 7.99. The number of halogens is 2. The highest BCUT2D eigenvalue weighted by atomic mass is 35.5. The number of aryl methyl sites for hydroxylation is 1. The number of benzene rings is 1. The van der Waals surface area contributed by atoms with Crippen LogP contribution < -0.4 is 0 Å². The molecule has 19 heavy (non-hydrogen) atoms. The Morgan fingerprint density at radius 1 is 1.47 bits per heavy atom. The Morgan fingerprint density at radius 3 is 2.89 bits per heavy atom. The standard InChI is InChI=1S/C12H10Cl2N2O2S/c1-7-2-3-8(13)11(10(7)14)16-5-4-15-12(16)19-6-9(17)18/h2-5H,6H2,1H3,(H,17,18). The lowest BCUT2D eigenvalue weighted by Gasteiger charge is -2.12. The Hall–Kier alpha value is -1.17. The minimum Gasteiger partial charge on any atom is -0.481 e. The summed E-state index contributed by atoms with van der Waals surface area (Å²) >= 11 is 13.5. The molecule has 0 radical (unpaired) electrons. The molecule has 1 N–H and O–H groups in total. The highest BCUT2D eigenvalue weighted by Gasteiger charge is 2.15. The topological polar surface area (TPSA) is 55.1 Å². The van der Waals surface area contributed by atoms with Gasteiger partial charge >= 0.3 is 5.97 Å². The lowest BCUT2D eigenvalue weighted by atomic mass is 10.2. The Balaban J connectivity index is 2.45. The maximum absolute atomic E-state index is 10.6. The molecular formula is C12H10Cl2N2O2S. The molecule has 1 heterocycles. The zero-order chi connectivity index (χ0) is 14.0. The minimum absolute atomic E-state index is 0.0714. The third-order valence-electron chi connectivity index (χ3n) is 2.43. The van der Waals surface area contributed by atoms with E-state index in [0.717, 1.165) is 17.3 Å². The fraction of sp³-hybridized carbons (Fsp3) is 0.167. The first-order valence-electron chi connectivity index (χ1n) is 5.33. The predicted molar refractivity (Wildman–Crippen MR) is 76.7 cm³/mol. The van der Waals surface area contributed by atoms with E-state index in [9.17, 15) is 4.79 Å². The van der Waals surface area contributed by atoms with Crippen LogP contribution in [0.4, 0.5) is 0 Å². The number of carbonyl (C=O) groups is 1. The second-order valence-corrected chi connectivity index (χ2v) is 5.52. The molecule has 4 nitrogen and oxygen atoms in total. The monoisotopic (exact) mass is 316 g/mol. The minimum atomic E-state index is -0.902. The van der Waals surface area contributed by atoms with Gasteiger partial charge in [0, 0.05) is 12.4 Å². The zero-order valence-electron chi connectivity index (χ0n) is 9.93. The van der Waals surface area contributed by atoms with Crippen molar-refractivity contribution in [3.8, 4) is 5.69 Å². The molecule has 0 bridgehead atoms. The van der Waals surface area contributed by atoms with Crippen LogP contribution in [0, 0.1) is 6.92 Å². The third kappa shape index (κ3) is 3.05. The first-order valence-corrected chi connectivity index (χ1v) is 7.07. The molecule has 0 unspecified atom stereocenters. The summed E-state index contributed by atoms with van der Waals surface area (Å²) in [6.45, 7) is 1.88. The average Bonchev–Trinajstić information content (AvgIpc) is 2.80. The van der Waals surface area contributed by atoms with Crippen molar-refractivity contribution in [2.24, 2.45) is 0 Å². The van der Waals surface area contributed by atoms with Gasteiger partial charge in [-0.3, -0.25) is 9.36 Å². The number of carboxylic acid groups (broad SMARTS) is 1. The van der Waals surface area contributed by atoms with E-state index >= 15 is 0 Å². The van der Waals surface area contributed by atoms with Crippen molar-refractivity contribution in [3.05, 3.63) is 40.1 Å². The number of aliphatic carboxylic acids is 1. The molecule has 0 aliphatic heterocycles. The Kier molecular flexibility index (Phi) is 4.39. The van der Waals surface area contributed by atoms with Crippen LogP contribution in [0.3, 0.4) is 0 Å². The lowest BCUT2D eigenvalue weighted by molar-refractivity contribution is -0.133. The summed E-state index contributed by atoms with van der Waals surface area (Å²) in [5, 5.41) is 10.3. The molecule has 100 valence electrons. The van der Waals surface area contributed by atoms with E-state index in [1.165, 1.54) is 0 Å². The third-order valence-corrected chi connectivity index (χ3v) is 4.17. The fourth-order valence-corrected chi connectivity index (χ4v) is 2.79. The van der Waals surface area contributed by atoms with Gasteiger partial charge in [0.15, 0.2) is 5.16 Å². The molecule has 2 rings (SSSR count). The molecule has 2 aromatic rings. The van der Waals surface area contributed by atoms with Crippen LogP contribution >= 0.6 is 35.0 Å². The van der Waals surface area contributed by atoms with Gasteiger partial charge in [-0.1, -0.05) is 41.0 Å². The zero-order valence-corrected chi connectivity index (χ0v) is 12.3. The van der Waals surface area contributed by atoms with Crippen molar-refractivity contribution >= 4 is 40.9 Å². The normalized spacial score (nSPS) is 10.7. The lowest BCUT2D eigenvalue weighted by Crippen LogP contribution is -2.02. The van der Waals surface area contributed by atoms with Crippen LogP contribution in [0.1, 0.15) is 5.56 Å². The molecule has 0 aliphatic carbocycles. The van der Waals surface area contributed by atoms with E-state index in [1.54, 1.807) is 23.0 Å². The molecule has 0 saturated carbocycles. The molecule has 0 aliphatic rings. The quantitative estimate of drug-likeness (QED) is 0.874. The maximum atomic E-state index is 10.6. The van der Waals surface area contributed by atoms with Crippen LogP contribution in [-0.2, 0) is 4.79 Å². The van der Waals surface area contributed by atoms with Gasteiger partial charge in [-0.25, -0.2) is 4.98 Å². The fourth-order valence-electron chi connectivity index (χ4n) is 1.56. The van der Waals surface area contributed by atoms with Crippen molar-refractivity contribution in [1.29, 1.82) is 0 Å². The smallest absolute Gasteiger partial charge is 0.313 e. The molecule has 0 spiro atoms. The molecule has 0 saturated heterocycles. The Labute approximate surface area is 124 Å². The molecular weight excluding hydrogens is 307 g/mol. The van der Waals surface area contributed by atoms with Crippen molar-refractivity contribution in [3.63, 3.8) is 0 Å². The van der Waals surface area contributed by atoms with E-state index in [4.69, 9.17) is 28.3 Å². The van der Waals surface area contributed by atoms with Crippen LogP contribution in [0.25, 0.3) is 5.69 Å². The summed E-state index contributed by atoms with van der Waals surface area (Å²) < 4.78 is 1.70. The SMILES string of the molecule is Cc1ccc(Cl)c(-n2ccnc2SCC(=O)O)c1Cl. The molecule has 0 fully saturated rings. The number of hydrogen-bond acceptors (Lipinski definition) is 3. The van der Waals surface area contributed by atoms with Gasteiger partial charge in [-0.2, -0.15) is 0 Å². The van der Waals surface area contributed by atoms with Crippen LogP contribution in [-0.4, -0.2) is 26.4 Å². The summed E-state index contributed by atoms with van der Waals surface area (Å²) in [6.07, 6.45) is 3.29. The van der Waals surface area contributed by atoms with Gasteiger partial charge in [-0.15, -0.1) is 0 Å². The van der Waals surface area contributed by atoms with Gasteiger partial charge < -0.3 is 5.11 Å². The van der Waals surface area contributed by atoms with Gasteiger partial charge in [0.1, 0.15) is 0 Å². The largest absolute Gasteiger partial charge is 0.481 e. The number of hydrogen-bond donors (Lipinski definition) is 1. The van der Waals surface area contributed by atoms with Crippen molar-refractivity contribution in [2.45, 2.75) is 12.1 Å². The summed E-state index contributed by atoms with van der Waals surface area (Å²) in [5.41, 5.74) is 1.51.